The predicted octanol–water partition coefficient (Wildman–Crippen LogP) is 5.07. The SMILES string of the molecule is COC(=O)C[C@H]1[C@@]2(C)C[C@@]3(O)O[C@@H](C=C4C5=CC(=O)O[C@@H](c6ccoc6)[C@]5(C)CC[C@@H]4[C@]13C)[C@H]2OC(=O)c1ccccc1. The minimum atomic E-state index is -1.61. The molecule has 3 bridgehead atoms. The Morgan fingerprint density at radius 1 is 1.12 bits per heavy atom. The van der Waals surface area contributed by atoms with Gasteiger partial charge in [-0.15, -0.1) is 0 Å². The summed E-state index contributed by atoms with van der Waals surface area (Å²) in [6.45, 7) is 6.04. The van der Waals surface area contributed by atoms with Gasteiger partial charge in [0.2, 0.25) is 0 Å². The van der Waals surface area contributed by atoms with Crippen LogP contribution in [-0.4, -0.2) is 48.1 Å². The fraction of sp³-hybridized carbons (Fsp3) is 0.500. The molecule has 226 valence electrons. The van der Waals surface area contributed by atoms with Crippen molar-refractivity contribution in [3.63, 3.8) is 0 Å². The molecular weight excluding hydrogens is 552 g/mol. The van der Waals surface area contributed by atoms with E-state index in [1.54, 1.807) is 42.9 Å². The van der Waals surface area contributed by atoms with Crippen LogP contribution in [0.3, 0.4) is 0 Å². The Labute approximate surface area is 249 Å². The smallest absolute Gasteiger partial charge is 0.338 e. The van der Waals surface area contributed by atoms with Gasteiger partial charge in [0.15, 0.2) is 5.79 Å². The zero-order chi connectivity index (χ0) is 30.4. The van der Waals surface area contributed by atoms with Crippen molar-refractivity contribution in [2.45, 2.75) is 70.6 Å². The third kappa shape index (κ3) is 3.80. The van der Waals surface area contributed by atoms with Crippen molar-refractivity contribution in [2.24, 2.45) is 28.1 Å². The van der Waals surface area contributed by atoms with Crippen LogP contribution in [0.5, 0.6) is 0 Å². The topological polar surface area (TPSA) is 122 Å². The Hall–Kier alpha value is -3.69. The quantitative estimate of drug-likeness (QED) is 0.377. The Bertz CT molecular complexity index is 1540. The zero-order valence-electron chi connectivity index (χ0n) is 24.7. The number of cyclic esters (lactones) is 1. The summed E-state index contributed by atoms with van der Waals surface area (Å²) in [5.41, 5.74) is 0.464. The zero-order valence-corrected chi connectivity index (χ0v) is 24.7. The minimum Gasteiger partial charge on any atom is -0.472 e. The summed E-state index contributed by atoms with van der Waals surface area (Å²) in [5, 5.41) is 12.4. The third-order valence-corrected chi connectivity index (χ3v) is 11.3. The number of allylic oxidation sites excluding steroid dienone is 1. The van der Waals surface area contributed by atoms with Gasteiger partial charge < -0.3 is 28.5 Å². The van der Waals surface area contributed by atoms with E-state index in [4.69, 9.17) is 23.4 Å². The fourth-order valence-corrected chi connectivity index (χ4v) is 9.24. The molecule has 1 saturated heterocycles. The number of furan rings is 1. The average molecular weight is 589 g/mol. The van der Waals surface area contributed by atoms with Gasteiger partial charge in [0, 0.05) is 40.7 Å². The summed E-state index contributed by atoms with van der Waals surface area (Å²) in [5.74, 6) is -3.72. The van der Waals surface area contributed by atoms with Crippen molar-refractivity contribution in [2.75, 3.05) is 7.11 Å². The lowest BCUT2D eigenvalue weighted by Gasteiger charge is -2.54. The second kappa shape index (κ2) is 9.40. The Balaban J connectivity index is 1.40. The van der Waals surface area contributed by atoms with Gasteiger partial charge in [0.1, 0.15) is 18.3 Å². The highest BCUT2D eigenvalue weighted by molar-refractivity contribution is 5.89. The van der Waals surface area contributed by atoms with Crippen molar-refractivity contribution >= 4 is 17.9 Å². The molecule has 7 rings (SSSR count). The highest BCUT2D eigenvalue weighted by Crippen LogP contribution is 2.74. The maximum atomic E-state index is 13.5. The summed E-state index contributed by atoms with van der Waals surface area (Å²) in [7, 11) is 1.35. The summed E-state index contributed by atoms with van der Waals surface area (Å²) < 4.78 is 29.3. The van der Waals surface area contributed by atoms with E-state index in [1.807, 2.05) is 32.1 Å². The van der Waals surface area contributed by atoms with Gasteiger partial charge in [-0.1, -0.05) is 39.0 Å². The number of ether oxygens (including phenoxy) is 4. The van der Waals surface area contributed by atoms with Gasteiger partial charge in [-0.2, -0.15) is 0 Å². The molecule has 9 heteroatoms. The summed E-state index contributed by atoms with van der Waals surface area (Å²) in [6.07, 6.45) is 5.96. The lowest BCUT2D eigenvalue weighted by atomic mass is 9.51. The number of hydrogen-bond donors (Lipinski definition) is 1. The Kier molecular flexibility index (Phi) is 6.15. The molecule has 0 spiro atoms. The maximum absolute atomic E-state index is 13.5. The first kappa shape index (κ1) is 28.1. The first-order chi connectivity index (χ1) is 20.4. The van der Waals surface area contributed by atoms with Gasteiger partial charge in [-0.05, 0) is 60.1 Å². The van der Waals surface area contributed by atoms with Gasteiger partial charge in [-0.3, -0.25) is 4.79 Å². The molecule has 0 amide bonds. The van der Waals surface area contributed by atoms with Crippen molar-refractivity contribution < 1.29 is 42.9 Å². The molecule has 1 aromatic heterocycles. The van der Waals surface area contributed by atoms with Crippen LogP contribution in [0.25, 0.3) is 0 Å². The lowest BCUT2D eigenvalue weighted by Crippen LogP contribution is -2.55. The lowest BCUT2D eigenvalue weighted by molar-refractivity contribution is -0.305. The number of esters is 3. The number of carbonyl (C=O) groups is 3. The number of carbonyl (C=O) groups excluding carboxylic acids is 3. The van der Waals surface area contributed by atoms with Crippen molar-refractivity contribution in [1.29, 1.82) is 0 Å². The van der Waals surface area contributed by atoms with E-state index < -0.39 is 64.2 Å². The number of hydrogen-bond acceptors (Lipinski definition) is 9. The first-order valence-electron chi connectivity index (χ1n) is 14.8. The molecule has 2 saturated carbocycles. The van der Waals surface area contributed by atoms with Crippen LogP contribution in [0, 0.1) is 28.1 Å². The largest absolute Gasteiger partial charge is 0.472 e. The second-order valence-corrected chi connectivity index (χ2v) is 13.4. The van der Waals surface area contributed by atoms with E-state index in [9.17, 15) is 19.5 Å². The van der Waals surface area contributed by atoms with Gasteiger partial charge in [0.25, 0.3) is 0 Å². The van der Waals surface area contributed by atoms with Gasteiger partial charge in [0.05, 0.1) is 25.2 Å². The van der Waals surface area contributed by atoms with E-state index in [0.29, 0.717) is 18.4 Å². The fourth-order valence-electron chi connectivity index (χ4n) is 9.24. The number of rotatable bonds is 5. The third-order valence-electron chi connectivity index (χ3n) is 11.3. The number of fused-ring (bicyclic) bond motifs is 6. The minimum absolute atomic E-state index is 0.0149. The molecule has 3 aliphatic heterocycles. The average Bonchev–Trinajstić information content (AvgIpc) is 3.54. The van der Waals surface area contributed by atoms with E-state index in [-0.39, 0.29) is 18.8 Å². The molecule has 1 aromatic carbocycles. The second-order valence-electron chi connectivity index (χ2n) is 13.4. The molecule has 9 nitrogen and oxygen atoms in total. The van der Waals surface area contributed by atoms with Crippen molar-refractivity contribution in [1.82, 2.24) is 0 Å². The maximum Gasteiger partial charge on any atom is 0.338 e. The summed E-state index contributed by atoms with van der Waals surface area (Å²) in [4.78, 5) is 39.5. The van der Waals surface area contributed by atoms with Crippen molar-refractivity contribution in [3.05, 3.63) is 83.3 Å². The van der Waals surface area contributed by atoms with E-state index >= 15 is 0 Å². The summed E-state index contributed by atoms with van der Waals surface area (Å²) >= 11 is 0. The van der Waals surface area contributed by atoms with Crippen LogP contribution < -0.4 is 0 Å². The first-order valence-corrected chi connectivity index (χ1v) is 14.8. The molecule has 9 atom stereocenters. The molecule has 2 aromatic rings. The van der Waals surface area contributed by atoms with Crippen LogP contribution >= 0.6 is 0 Å². The molecule has 3 fully saturated rings. The molecule has 0 radical (unpaired) electrons. The molecule has 2 aliphatic carbocycles. The van der Waals surface area contributed by atoms with Crippen LogP contribution in [0.15, 0.2) is 76.6 Å². The number of methoxy groups -OCH3 is 1. The van der Waals surface area contributed by atoms with Crippen molar-refractivity contribution in [3.8, 4) is 0 Å². The molecular formula is C34H36O9. The predicted molar refractivity (Wildman–Crippen MR) is 151 cm³/mol. The van der Waals surface area contributed by atoms with Gasteiger partial charge >= 0.3 is 17.9 Å². The molecule has 43 heavy (non-hydrogen) atoms. The normalized spacial score (nSPS) is 40.8. The van der Waals surface area contributed by atoms with Crippen LogP contribution in [0.2, 0.25) is 0 Å². The number of benzene rings is 1. The van der Waals surface area contributed by atoms with Gasteiger partial charge in [-0.25, -0.2) is 9.59 Å². The highest BCUT2D eigenvalue weighted by Gasteiger charge is 2.77. The van der Waals surface area contributed by atoms with E-state index in [2.05, 4.69) is 6.92 Å². The standard InChI is InChI=1S/C34H36O9/c1-31-12-10-22-21(23(31)15-27(36)41-28(31)20-11-13-40-17-20)14-24-29(42-30(37)19-8-6-5-7-9-19)32(2)18-34(38,43-24)33(22,3)25(32)16-26(35)39-4/h5-9,11,13-15,17,22,24-25,28-29,38H,10,12,16,18H2,1-4H3/t22-,24-,25-,28-,29+,31+,32+,33+,34+/m0/s1. The molecule has 5 aliphatic rings. The highest BCUT2D eigenvalue weighted by atomic mass is 16.7. The number of aliphatic hydroxyl groups is 1. The van der Waals surface area contributed by atoms with Crippen LogP contribution in [-0.2, 0) is 28.5 Å². The van der Waals surface area contributed by atoms with E-state index in [1.165, 1.54) is 7.11 Å². The molecule has 4 heterocycles. The Morgan fingerprint density at radius 3 is 2.58 bits per heavy atom. The monoisotopic (exact) mass is 588 g/mol. The molecule has 0 unspecified atom stereocenters. The molecule has 1 N–H and O–H groups in total. The van der Waals surface area contributed by atoms with Crippen LogP contribution in [0.4, 0.5) is 0 Å². The summed E-state index contributed by atoms with van der Waals surface area (Å²) in [6, 6.07) is 10.5. The van der Waals surface area contributed by atoms with E-state index in [0.717, 1.165) is 16.7 Å². The van der Waals surface area contributed by atoms with Crippen LogP contribution in [0.1, 0.15) is 68.5 Å². The Morgan fingerprint density at radius 2 is 1.88 bits per heavy atom.